The molecule has 0 radical (unpaired) electrons. The molecule has 138 valence electrons. The summed E-state index contributed by atoms with van der Waals surface area (Å²) in [5.74, 6) is -0.0131. The second kappa shape index (κ2) is 7.51. The first-order valence-electron chi connectivity index (χ1n) is 8.11. The molecule has 0 saturated heterocycles. The van der Waals surface area contributed by atoms with Crippen molar-refractivity contribution in [2.75, 3.05) is 5.73 Å². The molecule has 0 fully saturated rings. The zero-order valence-corrected chi connectivity index (χ0v) is 14.7. The molecule has 1 heterocycles. The van der Waals surface area contributed by atoms with Gasteiger partial charge < -0.3 is 5.73 Å². The van der Waals surface area contributed by atoms with E-state index < -0.39 is 10.5 Å². The molecule has 3 rings (SSSR count). The molecule has 28 heavy (non-hydrogen) atoms. The lowest BCUT2D eigenvalue weighted by Crippen LogP contribution is -2.23. The van der Waals surface area contributed by atoms with E-state index in [0.717, 1.165) is 0 Å². The minimum absolute atomic E-state index is 0.00658. The molecule has 0 unspecified atom stereocenters. The molecule has 0 spiro atoms. The third kappa shape index (κ3) is 3.22. The molecule has 9 heteroatoms. The van der Waals surface area contributed by atoms with E-state index in [1.807, 2.05) is 6.07 Å². The van der Waals surface area contributed by atoms with E-state index in [0.29, 0.717) is 5.69 Å². The maximum Gasteiger partial charge on any atom is 0.296 e. The van der Waals surface area contributed by atoms with Gasteiger partial charge in [0.2, 0.25) is 0 Å². The van der Waals surface area contributed by atoms with Crippen LogP contribution in [0.1, 0.15) is 11.1 Å². The summed E-state index contributed by atoms with van der Waals surface area (Å²) in [5.41, 5.74) is 5.89. The van der Waals surface area contributed by atoms with Crippen molar-refractivity contribution in [3.05, 3.63) is 86.2 Å². The fourth-order valence-corrected chi connectivity index (χ4v) is 2.70. The molecule has 0 amide bonds. The molecule has 1 aromatic heterocycles. The number of rotatable bonds is 4. The number of nitriles is 1. The lowest BCUT2D eigenvalue weighted by molar-refractivity contribution is -0.384. The van der Waals surface area contributed by atoms with Crippen molar-refractivity contribution in [2.45, 2.75) is 6.92 Å². The molecule has 0 aliphatic carbocycles. The van der Waals surface area contributed by atoms with Crippen LogP contribution in [0, 0.1) is 28.4 Å². The fourth-order valence-electron chi connectivity index (χ4n) is 2.70. The summed E-state index contributed by atoms with van der Waals surface area (Å²) in [7, 11) is 0. The van der Waals surface area contributed by atoms with Gasteiger partial charge in [0, 0.05) is 11.6 Å². The first-order chi connectivity index (χ1) is 13.5. The molecule has 2 N–H and O–H groups in total. The Kier molecular flexibility index (Phi) is 4.95. The molecule has 0 saturated carbocycles. The SMILES string of the molecule is Cc1c(C#N)c(N)n(-c2ccccc2)c(=O)c1N=Nc1ccccc1[N+](=O)[O-]. The Hall–Kier alpha value is -4.32. The molecular weight excluding hydrogens is 360 g/mol. The summed E-state index contributed by atoms with van der Waals surface area (Å²) in [6.07, 6.45) is 0. The topological polar surface area (TPSA) is 140 Å². The van der Waals surface area contributed by atoms with Crippen molar-refractivity contribution in [2.24, 2.45) is 10.2 Å². The van der Waals surface area contributed by atoms with E-state index in [9.17, 15) is 20.2 Å². The molecular formula is C19H14N6O3. The number of hydrogen-bond acceptors (Lipinski definition) is 7. The van der Waals surface area contributed by atoms with E-state index in [-0.39, 0.29) is 34.0 Å². The molecule has 0 bridgehead atoms. The van der Waals surface area contributed by atoms with Crippen molar-refractivity contribution >= 4 is 22.9 Å². The van der Waals surface area contributed by atoms with E-state index in [4.69, 9.17) is 5.73 Å². The Labute approximate surface area is 159 Å². The number of nitro groups is 1. The van der Waals surface area contributed by atoms with Crippen LogP contribution in [0.5, 0.6) is 0 Å². The third-order valence-corrected chi connectivity index (χ3v) is 4.10. The quantitative estimate of drug-likeness (QED) is 0.418. The summed E-state index contributed by atoms with van der Waals surface area (Å²) < 4.78 is 1.17. The number of hydrogen-bond donors (Lipinski definition) is 1. The zero-order chi connectivity index (χ0) is 20.3. The van der Waals surface area contributed by atoms with Gasteiger partial charge >= 0.3 is 0 Å². The number of azo groups is 1. The monoisotopic (exact) mass is 374 g/mol. The Morgan fingerprint density at radius 2 is 1.75 bits per heavy atom. The smallest absolute Gasteiger partial charge is 0.296 e. The minimum Gasteiger partial charge on any atom is -0.384 e. The summed E-state index contributed by atoms with van der Waals surface area (Å²) >= 11 is 0. The predicted molar refractivity (Wildman–Crippen MR) is 103 cm³/mol. The first-order valence-corrected chi connectivity index (χ1v) is 8.11. The number of nitrogen functional groups attached to an aromatic ring is 1. The Balaban J connectivity index is 2.24. The average Bonchev–Trinajstić information content (AvgIpc) is 2.69. The van der Waals surface area contributed by atoms with Crippen molar-refractivity contribution in [3.8, 4) is 11.8 Å². The van der Waals surface area contributed by atoms with Gasteiger partial charge in [-0.15, -0.1) is 10.2 Å². The number of pyridine rings is 1. The Morgan fingerprint density at radius 1 is 1.11 bits per heavy atom. The van der Waals surface area contributed by atoms with Crippen LogP contribution in [0.4, 0.5) is 22.9 Å². The van der Waals surface area contributed by atoms with Gasteiger partial charge in [-0.05, 0) is 25.1 Å². The van der Waals surface area contributed by atoms with Gasteiger partial charge in [-0.2, -0.15) is 5.26 Å². The van der Waals surface area contributed by atoms with E-state index in [1.54, 1.807) is 36.4 Å². The van der Waals surface area contributed by atoms with Gasteiger partial charge in [0.05, 0.1) is 16.2 Å². The second-order valence-corrected chi connectivity index (χ2v) is 5.77. The van der Waals surface area contributed by atoms with Gasteiger partial charge in [0.25, 0.3) is 11.2 Å². The van der Waals surface area contributed by atoms with Gasteiger partial charge in [0.1, 0.15) is 11.9 Å². The summed E-state index contributed by atoms with van der Waals surface area (Å²) in [6, 6.07) is 16.3. The number of nitrogens with zero attached hydrogens (tertiary/aromatic N) is 5. The summed E-state index contributed by atoms with van der Waals surface area (Å²) in [4.78, 5) is 23.5. The minimum atomic E-state index is -0.590. The molecule has 0 atom stereocenters. The highest BCUT2D eigenvalue weighted by Crippen LogP contribution is 2.30. The largest absolute Gasteiger partial charge is 0.384 e. The number of benzene rings is 2. The van der Waals surface area contributed by atoms with Gasteiger partial charge in [-0.25, -0.2) is 0 Å². The van der Waals surface area contributed by atoms with Crippen LogP contribution in [0.3, 0.4) is 0 Å². The van der Waals surface area contributed by atoms with E-state index in [1.165, 1.54) is 29.7 Å². The highest BCUT2D eigenvalue weighted by atomic mass is 16.6. The highest BCUT2D eigenvalue weighted by molar-refractivity contribution is 5.65. The number of anilines is 1. The average molecular weight is 374 g/mol. The first kappa shape index (κ1) is 18.5. The lowest BCUT2D eigenvalue weighted by Gasteiger charge is -2.14. The second-order valence-electron chi connectivity index (χ2n) is 5.77. The number of nitrogens with two attached hydrogens (primary N) is 1. The van der Waals surface area contributed by atoms with Crippen LogP contribution in [0.25, 0.3) is 5.69 Å². The lowest BCUT2D eigenvalue weighted by atomic mass is 10.1. The maximum atomic E-state index is 13.0. The predicted octanol–water partition coefficient (Wildman–Crippen LogP) is 3.92. The third-order valence-electron chi connectivity index (χ3n) is 4.10. The molecule has 0 aliphatic heterocycles. The van der Waals surface area contributed by atoms with Crippen LogP contribution in [-0.4, -0.2) is 9.49 Å². The normalized spacial score (nSPS) is 10.7. The highest BCUT2D eigenvalue weighted by Gasteiger charge is 2.19. The van der Waals surface area contributed by atoms with Crippen LogP contribution < -0.4 is 11.3 Å². The zero-order valence-electron chi connectivity index (χ0n) is 14.7. The Morgan fingerprint density at radius 3 is 2.39 bits per heavy atom. The van der Waals surface area contributed by atoms with E-state index >= 15 is 0 Å². The summed E-state index contributed by atoms with van der Waals surface area (Å²) in [6.45, 7) is 1.53. The van der Waals surface area contributed by atoms with Crippen LogP contribution in [0.2, 0.25) is 0 Å². The van der Waals surface area contributed by atoms with Gasteiger partial charge in [0.15, 0.2) is 11.4 Å². The van der Waals surface area contributed by atoms with Crippen LogP contribution in [-0.2, 0) is 0 Å². The van der Waals surface area contributed by atoms with Crippen molar-refractivity contribution < 1.29 is 4.92 Å². The molecule has 0 aliphatic rings. The van der Waals surface area contributed by atoms with E-state index in [2.05, 4.69) is 10.2 Å². The van der Waals surface area contributed by atoms with Crippen molar-refractivity contribution in [1.82, 2.24) is 4.57 Å². The van der Waals surface area contributed by atoms with Gasteiger partial charge in [-0.1, -0.05) is 30.3 Å². The van der Waals surface area contributed by atoms with Crippen LogP contribution >= 0.6 is 0 Å². The number of nitro benzene ring substituents is 1. The van der Waals surface area contributed by atoms with Gasteiger partial charge in [-0.3, -0.25) is 19.5 Å². The van der Waals surface area contributed by atoms with Crippen molar-refractivity contribution in [1.29, 1.82) is 5.26 Å². The fraction of sp³-hybridized carbons (Fsp3) is 0.0526. The molecule has 2 aromatic carbocycles. The Bertz CT molecular complexity index is 1190. The molecule has 9 nitrogen and oxygen atoms in total. The van der Waals surface area contributed by atoms with Crippen LogP contribution in [0.15, 0.2) is 69.6 Å². The molecule has 3 aromatic rings. The number of aromatic nitrogens is 1. The number of para-hydroxylation sites is 2. The van der Waals surface area contributed by atoms with Crippen molar-refractivity contribution in [3.63, 3.8) is 0 Å². The summed E-state index contributed by atoms with van der Waals surface area (Å²) in [5, 5.41) is 28.4. The maximum absolute atomic E-state index is 13.0. The standard InChI is InChI=1S/C19H14N6O3/c1-12-14(11-20)18(21)24(13-7-3-2-4-8-13)19(26)17(12)23-22-15-9-5-6-10-16(15)25(27)28/h2-10H,21H2,1H3.